The zero-order valence-electron chi connectivity index (χ0n) is 20.3. The standard InChI is InChI=1S/C10H10FNS.C8H8FNO2S.C7H5BrFNO2/c1-13-6-8-9(11)3-2-7-4-5-12-10(7)8;1-13-5-6-7(9)3-2-4-8(6)10(11)12;8-4-5-6(9)2-1-3-7(5)10(11)12/h2-5,12H,6H2,1H3;2-4H,5H2,1H3;1-3H,4H2. The molecular weight excluding hydrogens is 607 g/mol. The summed E-state index contributed by atoms with van der Waals surface area (Å²) in [6, 6.07) is 13.0. The molecule has 0 bridgehead atoms. The van der Waals surface area contributed by atoms with Crippen LogP contribution in [0.2, 0.25) is 0 Å². The van der Waals surface area contributed by atoms with E-state index in [-0.39, 0.29) is 33.6 Å². The number of hydrogen-bond donors (Lipinski definition) is 1. The Hall–Kier alpha value is -3.03. The summed E-state index contributed by atoms with van der Waals surface area (Å²) >= 11 is 5.97. The first kappa shape index (κ1) is 31.2. The van der Waals surface area contributed by atoms with Crippen molar-refractivity contribution in [2.24, 2.45) is 0 Å². The van der Waals surface area contributed by atoms with Gasteiger partial charge in [-0.2, -0.15) is 23.5 Å². The first-order chi connectivity index (χ1) is 18.2. The van der Waals surface area contributed by atoms with Crippen LogP contribution >= 0.6 is 39.5 Å². The maximum absolute atomic E-state index is 13.4. The number of alkyl halides is 1. The summed E-state index contributed by atoms with van der Waals surface area (Å²) in [7, 11) is 0. The van der Waals surface area contributed by atoms with Crippen LogP contribution in [0.4, 0.5) is 24.5 Å². The van der Waals surface area contributed by atoms with Gasteiger partial charge in [0.05, 0.1) is 26.5 Å². The molecule has 1 heterocycles. The number of aromatic amines is 1. The monoisotopic (exact) mass is 629 g/mol. The third-order valence-electron chi connectivity index (χ3n) is 5.07. The number of hydrogen-bond acceptors (Lipinski definition) is 6. The van der Waals surface area contributed by atoms with Crippen molar-refractivity contribution in [1.82, 2.24) is 4.98 Å². The Balaban J connectivity index is 0.000000200. The average molecular weight is 631 g/mol. The largest absolute Gasteiger partial charge is 0.361 e. The normalized spacial score (nSPS) is 10.3. The van der Waals surface area contributed by atoms with Crippen LogP contribution in [0.5, 0.6) is 0 Å². The second-order valence-corrected chi connectivity index (χ2v) is 9.75. The summed E-state index contributed by atoms with van der Waals surface area (Å²) in [6.07, 6.45) is 5.59. The number of thioether (sulfide) groups is 2. The molecule has 38 heavy (non-hydrogen) atoms. The van der Waals surface area contributed by atoms with E-state index in [1.165, 1.54) is 54.2 Å². The molecule has 7 nitrogen and oxygen atoms in total. The molecule has 4 rings (SSSR count). The summed E-state index contributed by atoms with van der Waals surface area (Å²) in [5.41, 5.74) is 1.62. The molecule has 202 valence electrons. The molecular formula is C25H23BrF3N3O4S2. The molecule has 1 N–H and O–H groups in total. The quantitative estimate of drug-likeness (QED) is 0.125. The van der Waals surface area contributed by atoms with Crippen molar-refractivity contribution < 1.29 is 23.0 Å². The Kier molecular flexibility index (Phi) is 12.6. The van der Waals surface area contributed by atoms with Crippen molar-refractivity contribution in [2.75, 3.05) is 12.5 Å². The van der Waals surface area contributed by atoms with E-state index in [9.17, 15) is 33.4 Å². The Bertz CT molecular complexity index is 1410. The Morgan fingerprint density at radius 2 is 1.26 bits per heavy atom. The van der Waals surface area contributed by atoms with Crippen LogP contribution in [0, 0.1) is 37.7 Å². The number of benzene rings is 3. The van der Waals surface area contributed by atoms with Crippen molar-refractivity contribution in [3.63, 3.8) is 0 Å². The zero-order chi connectivity index (χ0) is 28.2. The topological polar surface area (TPSA) is 102 Å². The number of nitrogens with one attached hydrogen (secondary N) is 1. The van der Waals surface area contributed by atoms with Crippen LogP contribution in [-0.2, 0) is 16.8 Å². The molecule has 0 fully saturated rings. The van der Waals surface area contributed by atoms with Gasteiger partial charge in [-0.15, -0.1) is 0 Å². The van der Waals surface area contributed by atoms with Gasteiger partial charge in [0.2, 0.25) is 0 Å². The number of fused-ring (bicyclic) bond motifs is 1. The lowest BCUT2D eigenvalue weighted by Crippen LogP contribution is -1.96. The third kappa shape index (κ3) is 8.23. The van der Waals surface area contributed by atoms with Gasteiger partial charge in [-0.1, -0.05) is 28.1 Å². The van der Waals surface area contributed by atoms with Gasteiger partial charge in [-0.25, -0.2) is 13.2 Å². The van der Waals surface area contributed by atoms with Gasteiger partial charge in [0.25, 0.3) is 11.4 Å². The molecule has 13 heteroatoms. The third-order valence-corrected chi connectivity index (χ3v) is 6.79. The highest BCUT2D eigenvalue weighted by Gasteiger charge is 2.17. The fraction of sp³-hybridized carbons (Fsp3) is 0.200. The van der Waals surface area contributed by atoms with E-state index in [2.05, 4.69) is 20.9 Å². The Morgan fingerprint density at radius 3 is 1.76 bits per heavy atom. The second kappa shape index (κ2) is 15.4. The number of nitro benzene ring substituents is 2. The number of aromatic nitrogens is 1. The molecule has 0 amide bonds. The van der Waals surface area contributed by atoms with Gasteiger partial charge in [0.1, 0.15) is 17.5 Å². The smallest absolute Gasteiger partial charge is 0.276 e. The lowest BCUT2D eigenvalue weighted by molar-refractivity contribution is -0.385. The van der Waals surface area contributed by atoms with Crippen molar-refractivity contribution in [3.05, 3.63) is 115 Å². The Labute approximate surface area is 233 Å². The predicted octanol–water partition coefficient (Wildman–Crippen LogP) is 8.40. The van der Waals surface area contributed by atoms with Crippen LogP contribution in [0.3, 0.4) is 0 Å². The van der Waals surface area contributed by atoms with E-state index in [1.54, 1.807) is 24.1 Å². The second-order valence-electron chi connectivity index (χ2n) is 7.46. The number of nitrogens with zero attached hydrogens (tertiary/aromatic N) is 2. The summed E-state index contributed by atoms with van der Waals surface area (Å²) in [5.74, 6) is -0.152. The highest BCUT2D eigenvalue weighted by molar-refractivity contribution is 9.08. The fourth-order valence-corrected chi connectivity index (χ4v) is 5.01. The molecule has 0 aliphatic heterocycles. The van der Waals surface area contributed by atoms with Gasteiger partial charge in [0, 0.05) is 40.7 Å². The molecule has 4 aromatic rings. The molecule has 0 saturated carbocycles. The van der Waals surface area contributed by atoms with Crippen LogP contribution in [0.15, 0.2) is 60.8 Å². The van der Waals surface area contributed by atoms with Gasteiger partial charge in [-0.3, -0.25) is 20.2 Å². The summed E-state index contributed by atoms with van der Waals surface area (Å²) in [5, 5.41) is 22.1. The van der Waals surface area contributed by atoms with E-state index in [0.717, 1.165) is 16.5 Å². The number of H-pyrrole nitrogens is 1. The summed E-state index contributed by atoms with van der Waals surface area (Å²) in [6.45, 7) is 0. The lowest BCUT2D eigenvalue weighted by atomic mass is 10.1. The number of halogens is 4. The van der Waals surface area contributed by atoms with Crippen LogP contribution in [-0.4, -0.2) is 27.3 Å². The molecule has 0 aliphatic carbocycles. The minimum absolute atomic E-state index is 0.0856. The highest BCUT2D eigenvalue weighted by atomic mass is 79.9. The first-order valence-electron chi connectivity index (χ1n) is 10.8. The molecule has 0 spiro atoms. The molecule has 0 saturated heterocycles. The SMILES string of the molecule is CSCc1c(F)ccc2cc[nH]c12.CSCc1c(F)cccc1[N+](=O)[O-].O=[N+]([O-])c1cccc(F)c1CBr. The maximum Gasteiger partial charge on any atom is 0.276 e. The number of rotatable bonds is 7. The lowest BCUT2D eigenvalue weighted by Gasteiger charge is -2.02. The Morgan fingerprint density at radius 1 is 0.763 bits per heavy atom. The van der Waals surface area contributed by atoms with E-state index in [1.807, 2.05) is 18.5 Å². The number of nitro groups is 2. The molecule has 0 radical (unpaired) electrons. The summed E-state index contributed by atoms with van der Waals surface area (Å²) < 4.78 is 39.3. The molecule has 3 aromatic carbocycles. The van der Waals surface area contributed by atoms with Crippen molar-refractivity contribution >= 4 is 61.7 Å². The maximum atomic E-state index is 13.4. The summed E-state index contributed by atoms with van der Waals surface area (Å²) in [4.78, 5) is 22.7. The highest BCUT2D eigenvalue weighted by Crippen LogP contribution is 2.25. The average Bonchev–Trinajstić information content (AvgIpc) is 3.37. The van der Waals surface area contributed by atoms with E-state index >= 15 is 0 Å². The van der Waals surface area contributed by atoms with Crippen LogP contribution in [0.1, 0.15) is 16.7 Å². The minimum atomic E-state index is -0.598. The fourth-order valence-electron chi connectivity index (χ4n) is 3.31. The van der Waals surface area contributed by atoms with E-state index in [4.69, 9.17) is 0 Å². The predicted molar refractivity (Wildman–Crippen MR) is 151 cm³/mol. The molecule has 1 aromatic heterocycles. The van der Waals surface area contributed by atoms with Crippen molar-refractivity contribution in [3.8, 4) is 0 Å². The molecule has 0 aliphatic rings. The molecule has 0 unspecified atom stereocenters. The van der Waals surface area contributed by atoms with Crippen LogP contribution < -0.4 is 0 Å². The molecule has 0 atom stereocenters. The van der Waals surface area contributed by atoms with Gasteiger partial charge < -0.3 is 4.98 Å². The zero-order valence-corrected chi connectivity index (χ0v) is 23.5. The van der Waals surface area contributed by atoms with E-state index < -0.39 is 21.5 Å². The van der Waals surface area contributed by atoms with Crippen molar-refractivity contribution in [1.29, 1.82) is 0 Å². The minimum Gasteiger partial charge on any atom is -0.361 e. The van der Waals surface area contributed by atoms with Gasteiger partial charge in [0.15, 0.2) is 0 Å². The van der Waals surface area contributed by atoms with Gasteiger partial charge >= 0.3 is 0 Å². The first-order valence-corrected chi connectivity index (χ1v) is 14.7. The van der Waals surface area contributed by atoms with Gasteiger partial charge in [-0.05, 0) is 48.2 Å². The van der Waals surface area contributed by atoms with E-state index in [0.29, 0.717) is 11.5 Å². The van der Waals surface area contributed by atoms with Crippen molar-refractivity contribution in [2.45, 2.75) is 16.8 Å². The van der Waals surface area contributed by atoms with Crippen LogP contribution in [0.25, 0.3) is 10.9 Å².